The molecular formula is C14H13BF3KO. The molecule has 1 nitrogen and oxygen atoms in total. The number of hydrogen-bond donors (Lipinski definition) is 0. The van der Waals surface area contributed by atoms with E-state index in [2.05, 4.69) is 0 Å². The second kappa shape index (κ2) is 7.66. The van der Waals surface area contributed by atoms with Crippen LogP contribution in [-0.4, -0.2) is 6.98 Å². The van der Waals surface area contributed by atoms with E-state index in [1.54, 1.807) is 0 Å². The first-order valence-corrected chi connectivity index (χ1v) is 5.93. The summed E-state index contributed by atoms with van der Waals surface area (Å²) in [6, 6.07) is 12.6. The number of ether oxygens (including phenoxy) is 1. The van der Waals surface area contributed by atoms with Gasteiger partial charge in [0.2, 0.25) is 0 Å². The Morgan fingerprint density at radius 3 is 2.25 bits per heavy atom. The monoisotopic (exact) mass is 304 g/mol. The SMILES string of the molecule is Cc1ccc(COc2cccc([B-](F)(F)F)c2)cc1.[K+]. The van der Waals surface area contributed by atoms with Crippen LogP contribution in [0.4, 0.5) is 12.9 Å². The largest absolute Gasteiger partial charge is 1.00 e. The van der Waals surface area contributed by atoms with Gasteiger partial charge >= 0.3 is 58.4 Å². The van der Waals surface area contributed by atoms with Gasteiger partial charge in [0.05, 0.1) is 0 Å². The fourth-order valence-corrected chi connectivity index (χ4v) is 1.66. The molecule has 6 heteroatoms. The molecule has 2 aromatic rings. The maximum absolute atomic E-state index is 12.6. The van der Waals surface area contributed by atoms with Crippen molar-refractivity contribution in [1.82, 2.24) is 0 Å². The molecule has 0 atom stereocenters. The summed E-state index contributed by atoms with van der Waals surface area (Å²) in [6.07, 6.45) is 0. The molecular weight excluding hydrogens is 291 g/mol. The molecule has 0 saturated heterocycles. The van der Waals surface area contributed by atoms with Gasteiger partial charge in [0.15, 0.2) is 0 Å². The number of halogens is 3. The van der Waals surface area contributed by atoms with Crippen LogP contribution in [0.15, 0.2) is 48.5 Å². The Labute approximate surface area is 159 Å². The van der Waals surface area contributed by atoms with Gasteiger partial charge in [0, 0.05) is 0 Å². The standard InChI is InChI=1S/C14H13BF3O.K/c1-11-5-7-12(8-6-11)10-19-14-4-2-3-13(9-14)15(16,17)18;/h2-9H,10H2,1H3;/q-1;+1. The van der Waals surface area contributed by atoms with Gasteiger partial charge in [0.1, 0.15) is 12.4 Å². The predicted octanol–water partition coefficient (Wildman–Crippen LogP) is 0.632. The Morgan fingerprint density at radius 2 is 1.65 bits per heavy atom. The van der Waals surface area contributed by atoms with E-state index in [9.17, 15) is 12.9 Å². The Balaban J connectivity index is 0.00000200. The van der Waals surface area contributed by atoms with Crippen LogP contribution in [0.5, 0.6) is 5.75 Å². The van der Waals surface area contributed by atoms with Crippen LogP contribution in [0.2, 0.25) is 0 Å². The molecule has 0 saturated carbocycles. The second-order valence-corrected chi connectivity index (χ2v) is 4.42. The number of benzene rings is 2. The fourth-order valence-electron chi connectivity index (χ4n) is 1.66. The van der Waals surface area contributed by atoms with Gasteiger partial charge < -0.3 is 17.7 Å². The van der Waals surface area contributed by atoms with Crippen molar-refractivity contribution in [1.29, 1.82) is 0 Å². The van der Waals surface area contributed by atoms with Crippen molar-refractivity contribution in [2.24, 2.45) is 0 Å². The average Bonchev–Trinajstić information content (AvgIpc) is 2.37. The minimum atomic E-state index is -4.98. The number of aryl methyl sites for hydroxylation is 1. The molecule has 0 heterocycles. The first-order valence-electron chi connectivity index (χ1n) is 5.93. The van der Waals surface area contributed by atoms with Crippen molar-refractivity contribution in [2.45, 2.75) is 13.5 Å². The molecule has 0 unspecified atom stereocenters. The first kappa shape index (κ1) is 17.8. The van der Waals surface area contributed by atoms with Gasteiger partial charge in [0.25, 0.3) is 0 Å². The summed E-state index contributed by atoms with van der Waals surface area (Å²) < 4.78 is 43.1. The molecule has 100 valence electrons. The molecule has 2 rings (SSSR count). The van der Waals surface area contributed by atoms with E-state index in [1.165, 1.54) is 12.1 Å². The second-order valence-electron chi connectivity index (χ2n) is 4.42. The van der Waals surface area contributed by atoms with E-state index >= 15 is 0 Å². The molecule has 0 aromatic heterocycles. The Morgan fingerprint density at radius 1 is 1.00 bits per heavy atom. The molecule has 0 spiro atoms. The molecule has 0 bridgehead atoms. The summed E-state index contributed by atoms with van der Waals surface area (Å²) in [5, 5.41) is 0. The molecule has 0 N–H and O–H groups in total. The average molecular weight is 304 g/mol. The Hall–Kier alpha value is -0.269. The van der Waals surface area contributed by atoms with Crippen molar-refractivity contribution >= 4 is 12.4 Å². The van der Waals surface area contributed by atoms with Crippen LogP contribution in [0.1, 0.15) is 11.1 Å². The molecule has 0 aliphatic heterocycles. The molecule has 0 aliphatic rings. The van der Waals surface area contributed by atoms with Crippen molar-refractivity contribution in [3.8, 4) is 5.75 Å². The summed E-state index contributed by atoms with van der Waals surface area (Å²) in [4.78, 5) is 0. The summed E-state index contributed by atoms with van der Waals surface area (Å²) >= 11 is 0. The van der Waals surface area contributed by atoms with Gasteiger partial charge in [-0.3, -0.25) is 0 Å². The first-order chi connectivity index (χ1) is 8.95. The minimum Gasteiger partial charge on any atom is -0.489 e. The van der Waals surface area contributed by atoms with Crippen molar-refractivity contribution in [3.05, 3.63) is 59.7 Å². The van der Waals surface area contributed by atoms with Crippen LogP contribution < -0.4 is 61.6 Å². The summed E-state index contributed by atoms with van der Waals surface area (Å²) in [5.74, 6) is 0.234. The van der Waals surface area contributed by atoms with Crippen molar-refractivity contribution in [2.75, 3.05) is 0 Å². The van der Waals surface area contributed by atoms with Crippen LogP contribution in [0.25, 0.3) is 0 Å². The Kier molecular flexibility index (Phi) is 6.81. The third kappa shape index (κ3) is 5.26. The van der Waals surface area contributed by atoms with E-state index in [1.807, 2.05) is 31.2 Å². The minimum absolute atomic E-state index is 0. The molecule has 0 radical (unpaired) electrons. The molecule has 0 amide bonds. The van der Waals surface area contributed by atoms with Gasteiger partial charge in [-0.25, -0.2) is 0 Å². The van der Waals surface area contributed by atoms with Crippen LogP contribution >= 0.6 is 0 Å². The zero-order valence-electron chi connectivity index (χ0n) is 11.4. The van der Waals surface area contributed by atoms with Gasteiger partial charge in [-0.2, -0.15) is 0 Å². The van der Waals surface area contributed by atoms with E-state index in [0.717, 1.165) is 23.3 Å². The molecule has 20 heavy (non-hydrogen) atoms. The van der Waals surface area contributed by atoms with Crippen LogP contribution in [0, 0.1) is 6.92 Å². The number of rotatable bonds is 4. The smallest absolute Gasteiger partial charge is 0.489 e. The van der Waals surface area contributed by atoms with E-state index in [-0.39, 0.29) is 63.7 Å². The molecule has 0 fully saturated rings. The van der Waals surface area contributed by atoms with Gasteiger partial charge in [-0.15, -0.1) is 5.46 Å². The zero-order valence-corrected chi connectivity index (χ0v) is 14.6. The normalized spacial score (nSPS) is 10.8. The third-order valence-electron chi connectivity index (χ3n) is 2.76. The zero-order chi connectivity index (χ0) is 13.9. The summed E-state index contributed by atoms with van der Waals surface area (Å²) in [6.45, 7) is -2.75. The van der Waals surface area contributed by atoms with E-state index < -0.39 is 12.4 Å². The maximum atomic E-state index is 12.6. The number of hydrogen-bond acceptors (Lipinski definition) is 1. The molecule has 0 aliphatic carbocycles. The fraction of sp³-hybridized carbons (Fsp3) is 0.143. The van der Waals surface area contributed by atoms with E-state index in [0.29, 0.717) is 0 Å². The topological polar surface area (TPSA) is 9.23 Å². The third-order valence-corrected chi connectivity index (χ3v) is 2.76. The van der Waals surface area contributed by atoms with E-state index in [4.69, 9.17) is 4.74 Å². The van der Waals surface area contributed by atoms with Gasteiger partial charge in [-0.1, -0.05) is 42.0 Å². The summed E-state index contributed by atoms with van der Waals surface area (Å²) in [7, 11) is 0. The predicted molar refractivity (Wildman–Crippen MR) is 70.7 cm³/mol. The Bertz CT molecular complexity index is 555. The van der Waals surface area contributed by atoms with Crippen molar-refractivity contribution < 1.29 is 69.1 Å². The maximum Gasteiger partial charge on any atom is 1.00 e. The van der Waals surface area contributed by atoms with Crippen molar-refractivity contribution in [3.63, 3.8) is 0 Å². The van der Waals surface area contributed by atoms with Crippen LogP contribution in [-0.2, 0) is 6.61 Å². The summed E-state index contributed by atoms with van der Waals surface area (Å²) in [5.41, 5.74) is 1.42. The van der Waals surface area contributed by atoms with Gasteiger partial charge in [-0.05, 0) is 24.6 Å². The molecule has 2 aromatic carbocycles. The van der Waals surface area contributed by atoms with Crippen LogP contribution in [0.3, 0.4) is 0 Å². The quantitative estimate of drug-likeness (QED) is 0.753.